The number of esters is 1. The Morgan fingerprint density at radius 2 is 1.84 bits per heavy atom. The number of hydrogen-bond donors (Lipinski definition) is 1. The Bertz CT molecular complexity index is 582. The molecule has 0 amide bonds. The molecule has 2 aromatic rings. The van der Waals surface area contributed by atoms with E-state index < -0.39 is 5.60 Å². The first-order valence-electron chi connectivity index (χ1n) is 6.04. The van der Waals surface area contributed by atoms with Gasteiger partial charge in [0.05, 0.1) is 0 Å². The van der Waals surface area contributed by atoms with Crippen molar-refractivity contribution in [3.05, 3.63) is 41.3 Å². The van der Waals surface area contributed by atoms with Gasteiger partial charge in [0.15, 0.2) is 0 Å². The highest BCUT2D eigenvalue weighted by Crippen LogP contribution is 2.34. The van der Waals surface area contributed by atoms with Crippen molar-refractivity contribution >= 4 is 22.3 Å². The Labute approximate surface area is 117 Å². The Morgan fingerprint density at radius 3 is 2.42 bits per heavy atom. The summed E-state index contributed by atoms with van der Waals surface area (Å²) in [6.07, 6.45) is 0. The largest absolute Gasteiger partial charge is 0.456 e. The van der Waals surface area contributed by atoms with E-state index in [-0.39, 0.29) is 5.97 Å². The lowest BCUT2D eigenvalue weighted by atomic mass is 10.0. The molecular formula is C15H17NO2S. The summed E-state index contributed by atoms with van der Waals surface area (Å²) in [4.78, 5) is 12.2. The monoisotopic (exact) mass is 275 g/mol. The standard InChI is InChI=1S/C15H17NO2S/c1-15(2,3)18-14(17)12-11(9-19-13(12)16)10-7-5-4-6-8-10/h4-9H,16H2,1-3H3. The topological polar surface area (TPSA) is 52.3 Å². The van der Waals surface area contributed by atoms with Crippen molar-refractivity contribution in [2.75, 3.05) is 5.73 Å². The molecule has 2 N–H and O–H groups in total. The summed E-state index contributed by atoms with van der Waals surface area (Å²) < 4.78 is 5.41. The minimum Gasteiger partial charge on any atom is -0.456 e. The predicted molar refractivity (Wildman–Crippen MR) is 79.3 cm³/mol. The van der Waals surface area contributed by atoms with Gasteiger partial charge in [-0.1, -0.05) is 30.3 Å². The van der Waals surface area contributed by atoms with E-state index in [4.69, 9.17) is 10.5 Å². The lowest BCUT2D eigenvalue weighted by molar-refractivity contribution is 0.00722. The van der Waals surface area contributed by atoms with Crippen LogP contribution in [0.5, 0.6) is 0 Å². The van der Waals surface area contributed by atoms with E-state index in [9.17, 15) is 4.79 Å². The zero-order valence-electron chi connectivity index (χ0n) is 11.3. The van der Waals surface area contributed by atoms with E-state index in [2.05, 4.69) is 0 Å². The minimum atomic E-state index is -0.528. The van der Waals surface area contributed by atoms with E-state index in [0.29, 0.717) is 10.6 Å². The van der Waals surface area contributed by atoms with Gasteiger partial charge in [0.25, 0.3) is 0 Å². The van der Waals surface area contributed by atoms with Crippen molar-refractivity contribution < 1.29 is 9.53 Å². The molecule has 100 valence electrons. The fourth-order valence-corrected chi connectivity index (χ4v) is 2.55. The number of rotatable bonds is 2. The molecule has 2 rings (SSSR count). The van der Waals surface area contributed by atoms with Crippen molar-refractivity contribution in [2.24, 2.45) is 0 Å². The van der Waals surface area contributed by atoms with Crippen LogP contribution in [-0.4, -0.2) is 11.6 Å². The van der Waals surface area contributed by atoms with Gasteiger partial charge in [-0.15, -0.1) is 11.3 Å². The molecule has 1 aromatic heterocycles. The third kappa shape index (κ3) is 3.15. The molecule has 0 fully saturated rings. The smallest absolute Gasteiger partial charge is 0.342 e. The molecular weight excluding hydrogens is 258 g/mol. The second-order valence-corrected chi connectivity index (χ2v) is 6.17. The summed E-state index contributed by atoms with van der Waals surface area (Å²) in [7, 11) is 0. The maximum atomic E-state index is 12.2. The SMILES string of the molecule is CC(C)(C)OC(=O)c1c(-c2ccccc2)csc1N. The van der Waals surface area contributed by atoms with Gasteiger partial charge in [-0.25, -0.2) is 4.79 Å². The maximum Gasteiger partial charge on any atom is 0.342 e. The van der Waals surface area contributed by atoms with Gasteiger partial charge in [0, 0.05) is 10.9 Å². The van der Waals surface area contributed by atoms with Crippen LogP contribution in [0.2, 0.25) is 0 Å². The molecule has 0 aliphatic heterocycles. The number of anilines is 1. The van der Waals surface area contributed by atoms with E-state index in [1.54, 1.807) is 0 Å². The highest BCUT2D eigenvalue weighted by Gasteiger charge is 2.24. The molecule has 0 aliphatic rings. The van der Waals surface area contributed by atoms with Gasteiger partial charge in [0.2, 0.25) is 0 Å². The molecule has 4 heteroatoms. The van der Waals surface area contributed by atoms with Crippen LogP contribution in [0.15, 0.2) is 35.7 Å². The Morgan fingerprint density at radius 1 is 1.21 bits per heavy atom. The van der Waals surface area contributed by atoms with Crippen LogP contribution in [0.4, 0.5) is 5.00 Å². The molecule has 0 spiro atoms. The summed E-state index contributed by atoms with van der Waals surface area (Å²) in [6.45, 7) is 5.53. The predicted octanol–water partition coefficient (Wildman–Crippen LogP) is 3.95. The highest BCUT2D eigenvalue weighted by molar-refractivity contribution is 7.14. The van der Waals surface area contributed by atoms with E-state index in [1.807, 2.05) is 56.5 Å². The van der Waals surface area contributed by atoms with Crippen LogP contribution in [0.3, 0.4) is 0 Å². The van der Waals surface area contributed by atoms with Crippen molar-refractivity contribution in [3.63, 3.8) is 0 Å². The summed E-state index contributed by atoms with van der Waals surface area (Å²) in [5, 5.41) is 2.39. The zero-order valence-corrected chi connectivity index (χ0v) is 12.1. The number of nitrogen functional groups attached to an aromatic ring is 1. The molecule has 0 atom stereocenters. The van der Waals surface area contributed by atoms with Gasteiger partial charge < -0.3 is 10.5 Å². The Balaban J connectivity index is 2.42. The molecule has 0 unspecified atom stereocenters. The molecule has 0 saturated carbocycles. The van der Waals surface area contributed by atoms with Crippen molar-refractivity contribution in [1.82, 2.24) is 0 Å². The molecule has 0 aliphatic carbocycles. The molecule has 1 heterocycles. The number of thiophene rings is 1. The normalized spacial score (nSPS) is 11.3. The second kappa shape index (κ2) is 5.05. The summed E-state index contributed by atoms with van der Waals surface area (Å²) in [5.74, 6) is -0.370. The van der Waals surface area contributed by atoms with Gasteiger partial charge in [-0.05, 0) is 26.3 Å². The van der Waals surface area contributed by atoms with Gasteiger partial charge in [-0.3, -0.25) is 0 Å². The average molecular weight is 275 g/mol. The summed E-state index contributed by atoms with van der Waals surface area (Å²) >= 11 is 1.36. The highest BCUT2D eigenvalue weighted by atomic mass is 32.1. The van der Waals surface area contributed by atoms with Crippen molar-refractivity contribution in [2.45, 2.75) is 26.4 Å². The van der Waals surface area contributed by atoms with Crippen molar-refractivity contribution in [3.8, 4) is 11.1 Å². The summed E-state index contributed by atoms with van der Waals surface area (Å²) in [5.41, 5.74) is 7.65. The average Bonchev–Trinajstić information content (AvgIpc) is 2.70. The molecule has 0 saturated heterocycles. The summed E-state index contributed by atoms with van der Waals surface area (Å²) in [6, 6.07) is 9.71. The number of ether oxygens (including phenoxy) is 1. The van der Waals surface area contributed by atoms with Crippen LogP contribution in [0.1, 0.15) is 31.1 Å². The fourth-order valence-electron chi connectivity index (χ4n) is 1.74. The van der Waals surface area contributed by atoms with Crippen LogP contribution >= 0.6 is 11.3 Å². The third-order valence-electron chi connectivity index (χ3n) is 2.51. The molecule has 1 aromatic carbocycles. The molecule has 3 nitrogen and oxygen atoms in total. The van der Waals surface area contributed by atoms with Crippen LogP contribution < -0.4 is 5.73 Å². The first-order valence-corrected chi connectivity index (χ1v) is 6.92. The van der Waals surface area contributed by atoms with Gasteiger partial charge in [0.1, 0.15) is 16.2 Å². The van der Waals surface area contributed by atoms with Crippen LogP contribution in [-0.2, 0) is 4.74 Å². The maximum absolute atomic E-state index is 12.2. The van der Waals surface area contributed by atoms with Gasteiger partial charge >= 0.3 is 5.97 Å². The molecule has 19 heavy (non-hydrogen) atoms. The molecule has 0 bridgehead atoms. The quantitative estimate of drug-likeness (QED) is 0.844. The zero-order chi connectivity index (χ0) is 14.0. The van der Waals surface area contributed by atoms with Gasteiger partial charge in [-0.2, -0.15) is 0 Å². The second-order valence-electron chi connectivity index (χ2n) is 5.26. The number of nitrogens with two attached hydrogens (primary N) is 1. The Hall–Kier alpha value is -1.81. The lowest BCUT2D eigenvalue weighted by Crippen LogP contribution is -2.24. The number of carbonyl (C=O) groups excluding carboxylic acids is 1. The lowest BCUT2D eigenvalue weighted by Gasteiger charge is -2.20. The van der Waals surface area contributed by atoms with Crippen LogP contribution in [0.25, 0.3) is 11.1 Å². The van der Waals surface area contributed by atoms with E-state index in [0.717, 1.165) is 11.1 Å². The van der Waals surface area contributed by atoms with Crippen molar-refractivity contribution in [1.29, 1.82) is 0 Å². The Kier molecular flexibility index (Phi) is 3.62. The number of benzene rings is 1. The third-order valence-corrected chi connectivity index (χ3v) is 3.32. The first kappa shape index (κ1) is 13.6. The van der Waals surface area contributed by atoms with E-state index >= 15 is 0 Å². The van der Waals surface area contributed by atoms with E-state index in [1.165, 1.54) is 11.3 Å². The fraction of sp³-hybridized carbons (Fsp3) is 0.267. The number of hydrogen-bond acceptors (Lipinski definition) is 4. The minimum absolute atomic E-state index is 0.370. The molecule has 0 radical (unpaired) electrons. The first-order chi connectivity index (χ1) is 8.88. The van der Waals surface area contributed by atoms with Crippen LogP contribution in [0, 0.1) is 0 Å². The number of carbonyl (C=O) groups is 1.